The van der Waals surface area contributed by atoms with Crippen molar-refractivity contribution in [1.82, 2.24) is 0 Å². The van der Waals surface area contributed by atoms with Crippen LogP contribution in [0.3, 0.4) is 0 Å². The molecule has 1 saturated carbocycles. The van der Waals surface area contributed by atoms with Gasteiger partial charge in [-0.15, -0.1) is 0 Å². The maximum atomic E-state index is 15.4. The highest BCUT2D eigenvalue weighted by Crippen LogP contribution is 2.62. The van der Waals surface area contributed by atoms with Crippen molar-refractivity contribution in [3.05, 3.63) is 201 Å². The molecule has 2 aliphatic carbocycles. The Morgan fingerprint density at radius 1 is 0.646 bits per heavy atom. The van der Waals surface area contributed by atoms with E-state index in [0.717, 1.165) is 23.1 Å². The summed E-state index contributed by atoms with van der Waals surface area (Å²) in [6, 6.07) is 41.0. The molecule has 0 saturated heterocycles. The van der Waals surface area contributed by atoms with Crippen molar-refractivity contribution in [2.75, 3.05) is 26.6 Å². The van der Waals surface area contributed by atoms with Crippen molar-refractivity contribution in [2.24, 2.45) is 5.92 Å². The second kappa shape index (κ2) is 21.7. The highest BCUT2D eigenvalue weighted by molar-refractivity contribution is 6.11. The molecule has 0 bridgehead atoms. The molecule has 6 nitrogen and oxygen atoms in total. The molecule has 0 spiro atoms. The molecule has 1 fully saturated rings. The number of amides is 1. The summed E-state index contributed by atoms with van der Waals surface area (Å²) in [4.78, 5) is 13.8. The molecular formula is C70H65F6NO5. The number of carbonyl (C=O) groups excluding carboxylic acids is 1. The number of halogens is 6. The smallest absolute Gasteiger partial charge is 0.416 e. The van der Waals surface area contributed by atoms with E-state index in [1.165, 1.54) is 64.0 Å². The molecule has 1 amide bonds. The molecule has 82 heavy (non-hydrogen) atoms. The molecule has 0 aromatic heterocycles. The summed E-state index contributed by atoms with van der Waals surface area (Å²) in [6.45, 7) is 7.35. The number of benzene rings is 8. The lowest BCUT2D eigenvalue weighted by atomic mass is 9.75. The normalized spacial score (nSPS) is 16.9. The molecule has 8 aromatic carbocycles. The van der Waals surface area contributed by atoms with Crippen LogP contribution in [-0.4, -0.2) is 27.2 Å². The van der Waals surface area contributed by atoms with Gasteiger partial charge in [-0.2, -0.15) is 26.3 Å². The van der Waals surface area contributed by atoms with E-state index in [1.54, 1.807) is 70.5 Å². The van der Waals surface area contributed by atoms with Crippen LogP contribution >= 0.6 is 0 Å². The average molecular weight is 1110 g/mol. The number of methoxy groups -OCH3 is 3. The topological polar surface area (TPSA) is 66.0 Å². The number of anilines is 1. The lowest BCUT2D eigenvalue weighted by Crippen LogP contribution is -2.35. The Balaban J connectivity index is 0.968. The van der Waals surface area contributed by atoms with Crippen molar-refractivity contribution < 1.29 is 50.1 Å². The van der Waals surface area contributed by atoms with Gasteiger partial charge in [-0.05, 0) is 179 Å². The molecule has 1 N–H and O–H groups in total. The van der Waals surface area contributed by atoms with Crippen LogP contribution < -0.4 is 24.3 Å². The van der Waals surface area contributed by atoms with Crippen LogP contribution in [0.4, 0.5) is 32.0 Å². The fourth-order valence-electron chi connectivity index (χ4n) is 13.1. The Morgan fingerprint density at radius 3 is 1.83 bits per heavy atom. The molecule has 1 heterocycles. The van der Waals surface area contributed by atoms with Crippen LogP contribution in [0, 0.1) is 12.8 Å². The van der Waals surface area contributed by atoms with Gasteiger partial charge in [0.2, 0.25) is 0 Å². The van der Waals surface area contributed by atoms with E-state index in [1.807, 2.05) is 79.7 Å². The van der Waals surface area contributed by atoms with Gasteiger partial charge in [0, 0.05) is 44.3 Å². The predicted molar refractivity (Wildman–Crippen MR) is 313 cm³/mol. The monoisotopic (exact) mass is 1110 g/mol. The Kier molecular flexibility index (Phi) is 14.8. The predicted octanol–water partition coefficient (Wildman–Crippen LogP) is 19.3. The first-order valence-electron chi connectivity index (χ1n) is 28.1. The number of carbonyl (C=O) groups is 1. The summed E-state index contributed by atoms with van der Waals surface area (Å²) in [6.07, 6.45) is 3.75. The van der Waals surface area contributed by atoms with E-state index in [-0.39, 0.29) is 28.7 Å². The zero-order valence-electron chi connectivity index (χ0n) is 47.1. The van der Waals surface area contributed by atoms with E-state index >= 15 is 13.2 Å². The quantitative estimate of drug-likeness (QED) is 0.0868. The first-order chi connectivity index (χ1) is 39.3. The standard InChI is InChI=1S/C70H65F6NO5/c1-8-9-10-11-42-12-14-43(15-13-42)44-16-18-45(19-17-44)46-20-22-47(23-21-46)66(78)77-51-28-33-54(41(2)36-51)56-39-57-58(40-61(56)81-7)65-55(64-62(57)59-37-50(69(71,72)73)38-60(70(74,75)76)63(59)67(64,3)4)34-35-68(82-65,48-24-29-52(79-5)30-25-48)49-26-31-53(80-6)32-27-49/h16-40,42-43H,8-15H2,1-7H3,(H,77,78). The molecule has 0 unspecified atom stereocenters. The van der Waals surface area contributed by atoms with Crippen molar-refractivity contribution in [1.29, 1.82) is 0 Å². The summed E-state index contributed by atoms with van der Waals surface area (Å²) >= 11 is 0. The number of rotatable bonds is 14. The van der Waals surface area contributed by atoms with Gasteiger partial charge >= 0.3 is 12.4 Å². The van der Waals surface area contributed by atoms with Crippen LogP contribution in [0.25, 0.3) is 50.2 Å². The van der Waals surface area contributed by atoms with E-state index in [2.05, 4.69) is 36.5 Å². The molecule has 11 rings (SSSR count). The number of fused-ring (bicyclic) bond motifs is 8. The molecule has 3 aliphatic rings. The van der Waals surface area contributed by atoms with Crippen molar-refractivity contribution in [3.63, 3.8) is 0 Å². The Morgan fingerprint density at radius 2 is 1.27 bits per heavy atom. The van der Waals surface area contributed by atoms with Gasteiger partial charge < -0.3 is 24.3 Å². The maximum Gasteiger partial charge on any atom is 0.416 e. The third-order valence-corrected chi connectivity index (χ3v) is 17.4. The first-order valence-corrected chi connectivity index (χ1v) is 28.1. The fourth-order valence-corrected chi connectivity index (χ4v) is 13.1. The molecule has 0 radical (unpaired) electrons. The van der Waals surface area contributed by atoms with Crippen LogP contribution in [0.2, 0.25) is 0 Å². The molecule has 0 atom stereocenters. The Hall–Kier alpha value is -7.99. The van der Waals surface area contributed by atoms with Gasteiger partial charge in [0.1, 0.15) is 23.0 Å². The van der Waals surface area contributed by atoms with E-state index in [9.17, 15) is 18.0 Å². The van der Waals surface area contributed by atoms with E-state index in [4.69, 9.17) is 18.9 Å². The summed E-state index contributed by atoms with van der Waals surface area (Å²) in [7, 11) is 4.62. The number of alkyl halides is 6. The summed E-state index contributed by atoms with van der Waals surface area (Å²) in [5.41, 5.74) is 2.65. The first kappa shape index (κ1) is 55.9. The van der Waals surface area contributed by atoms with E-state index in [0.29, 0.717) is 89.9 Å². The van der Waals surface area contributed by atoms with Gasteiger partial charge in [0.25, 0.3) is 5.91 Å². The third kappa shape index (κ3) is 10.2. The minimum atomic E-state index is -5.14. The van der Waals surface area contributed by atoms with Crippen LogP contribution in [0.1, 0.15) is 138 Å². The van der Waals surface area contributed by atoms with E-state index < -0.39 is 34.5 Å². The highest BCUT2D eigenvalue weighted by Gasteiger charge is 2.50. The zero-order chi connectivity index (χ0) is 57.9. The van der Waals surface area contributed by atoms with Crippen LogP contribution in [0.15, 0.2) is 146 Å². The van der Waals surface area contributed by atoms with Gasteiger partial charge in [-0.1, -0.05) is 119 Å². The second-order valence-electron chi connectivity index (χ2n) is 22.7. The summed E-state index contributed by atoms with van der Waals surface area (Å²) in [5, 5.41) is 3.78. The fraction of sp³-hybridized carbons (Fsp3) is 0.300. The Bertz CT molecular complexity index is 3690. The van der Waals surface area contributed by atoms with Crippen LogP contribution in [-0.2, 0) is 23.4 Å². The third-order valence-electron chi connectivity index (χ3n) is 17.4. The largest absolute Gasteiger partial charge is 0.497 e. The van der Waals surface area contributed by atoms with Crippen molar-refractivity contribution in [3.8, 4) is 56.4 Å². The lowest BCUT2D eigenvalue weighted by Gasteiger charge is -2.38. The molecule has 8 aromatic rings. The number of hydrogen-bond acceptors (Lipinski definition) is 5. The number of ether oxygens (including phenoxy) is 4. The van der Waals surface area contributed by atoms with Crippen LogP contribution in [0.5, 0.6) is 23.0 Å². The molecular weight excluding hydrogens is 1050 g/mol. The SMILES string of the molecule is CCCCCC1CCC(c2ccc(-c3ccc(C(=O)Nc4ccc(-c5cc6c7c(c8c(c6cc5OC)OC(c5ccc(OC)cc5)(c5ccc(OC)cc5)C=C8)C(C)(C)c5c-7cc(C(F)(F)F)cc5C(F)(F)F)c(C)c4)cc3)cc2)CC1. The average Bonchev–Trinajstić information content (AvgIpc) is 1.80. The zero-order valence-corrected chi connectivity index (χ0v) is 47.1. The number of hydrogen-bond donors (Lipinski definition) is 1. The second-order valence-corrected chi connectivity index (χ2v) is 22.7. The van der Waals surface area contributed by atoms with Gasteiger partial charge in [0.15, 0.2) is 5.60 Å². The lowest BCUT2D eigenvalue weighted by molar-refractivity contribution is -0.143. The summed E-state index contributed by atoms with van der Waals surface area (Å²) < 4.78 is 115. The van der Waals surface area contributed by atoms with Gasteiger partial charge in [-0.25, -0.2) is 0 Å². The highest BCUT2D eigenvalue weighted by atomic mass is 19.4. The number of unbranched alkanes of at least 4 members (excludes halogenated alkanes) is 2. The maximum absolute atomic E-state index is 15.4. The van der Waals surface area contributed by atoms with Crippen molar-refractivity contribution in [2.45, 2.75) is 108 Å². The number of aryl methyl sites for hydroxylation is 1. The van der Waals surface area contributed by atoms with Gasteiger partial charge in [0.05, 0.1) is 32.5 Å². The number of nitrogens with one attached hydrogen (secondary N) is 1. The minimum Gasteiger partial charge on any atom is -0.497 e. The molecule has 422 valence electrons. The molecule has 1 aliphatic heterocycles. The molecule has 12 heteroatoms. The Labute approximate surface area is 475 Å². The minimum absolute atomic E-state index is 0.178. The van der Waals surface area contributed by atoms with Crippen molar-refractivity contribution >= 4 is 28.4 Å². The van der Waals surface area contributed by atoms with Gasteiger partial charge in [-0.3, -0.25) is 4.79 Å². The summed E-state index contributed by atoms with van der Waals surface area (Å²) in [5.74, 6) is 2.99.